The van der Waals surface area contributed by atoms with Gasteiger partial charge in [0, 0.05) is 33.7 Å². The number of nitrogens with one attached hydrogen (secondary N) is 2. The molecule has 0 aliphatic heterocycles. The summed E-state index contributed by atoms with van der Waals surface area (Å²) in [5, 5.41) is 6.40. The van der Waals surface area contributed by atoms with Gasteiger partial charge in [-0.05, 0) is 31.0 Å². The molecular weight excluding hydrogens is 328 g/mol. The second kappa shape index (κ2) is 10.1. The van der Waals surface area contributed by atoms with Crippen LogP contribution in [0.1, 0.15) is 18.9 Å². The molecule has 0 saturated heterocycles. The van der Waals surface area contributed by atoms with Gasteiger partial charge < -0.3 is 15.4 Å². The van der Waals surface area contributed by atoms with Crippen molar-refractivity contribution in [1.29, 1.82) is 0 Å². The minimum atomic E-state index is -3.11. The smallest absolute Gasteiger partial charge is 0.213 e. The maximum absolute atomic E-state index is 11.6. The third-order valence-electron chi connectivity index (χ3n) is 3.62. The second-order valence-corrected chi connectivity index (χ2v) is 7.64. The summed E-state index contributed by atoms with van der Waals surface area (Å²) in [6.45, 7) is 3.42. The number of rotatable bonds is 9. The molecule has 8 heteroatoms. The Balaban J connectivity index is 2.32. The van der Waals surface area contributed by atoms with Crippen LogP contribution in [0.4, 0.5) is 0 Å². The van der Waals surface area contributed by atoms with Gasteiger partial charge in [0.15, 0.2) is 5.96 Å². The van der Waals surface area contributed by atoms with E-state index in [1.165, 1.54) is 4.31 Å². The van der Waals surface area contributed by atoms with Crippen molar-refractivity contribution in [2.75, 3.05) is 40.0 Å². The van der Waals surface area contributed by atoms with Gasteiger partial charge in [-0.25, -0.2) is 12.7 Å². The van der Waals surface area contributed by atoms with E-state index in [0.29, 0.717) is 32.0 Å². The standard InChI is InChI=1S/C16H28N4O3S/c1-5-24(21,22)20(3)12-6-11-18-16(17-2)19-13-14-7-9-15(23-4)10-8-14/h7-10H,5-6,11-13H2,1-4H3,(H2,17,18,19). The number of sulfonamides is 1. The van der Waals surface area contributed by atoms with Crippen LogP contribution in [-0.2, 0) is 16.6 Å². The van der Waals surface area contributed by atoms with Crippen molar-refractivity contribution in [2.45, 2.75) is 19.9 Å². The highest BCUT2D eigenvalue weighted by molar-refractivity contribution is 7.89. The first-order valence-corrected chi connectivity index (χ1v) is 9.55. The summed E-state index contributed by atoms with van der Waals surface area (Å²) >= 11 is 0. The van der Waals surface area contributed by atoms with Crippen molar-refractivity contribution in [3.63, 3.8) is 0 Å². The number of hydrogen-bond donors (Lipinski definition) is 2. The van der Waals surface area contributed by atoms with Gasteiger partial charge in [0.2, 0.25) is 10.0 Å². The van der Waals surface area contributed by atoms with Crippen molar-refractivity contribution in [1.82, 2.24) is 14.9 Å². The highest BCUT2D eigenvalue weighted by Gasteiger charge is 2.13. The number of nitrogens with zero attached hydrogens (tertiary/aromatic N) is 2. The van der Waals surface area contributed by atoms with Crippen LogP contribution < -0.4 is 15.4 Å². The number of hydrogen-bond acceptors (Lipinski definition) is 4. The van der Waals surface area contributed by atoms with Crippen molar-refractivity contribution in [3.05, 3.63) is 29.8 Å². The zero-order chi connectivity index (χ0) is 18.0. The SMILES string of the molecule is CCS(=O)(=O)N(C)CCCNC(=NC)NCc1ccc(OC)cc1. The molecule has 0 aromatic heterocycles. The molecule has 0 amide bonds. The molecule has 0 saturated carbocycles. The monoisotopic (exact) mass is 356 g/mol. The Morgan fingerprint density at radius 2 is 1.92 bits per heavy atom. The third-order valence-corrected chi connectivity index (χ3v) is 5.49. The first-order chi connectivity index (χ1) is 11.4. The van der Waals surface area contributed by atoms with Crippen molar-refractivity contribution >= 4 is 16.0 Å². The average molecular weight is 356 g/mol. The van der Waals surface area contributed by atoms with Crippen LogP contribution in [0.25, 0.3) is 0 Å². The number of aliphatic imine (C=N–C) groups is 1. The molecule has 0 heterocycles. The number of ether oxygens (including phenoxy) is 1. The van der Waals surface area contributed by atoms with Gasteiger partial charge in [0.05, 0.1) is 12.9 Å². The highest BCUT2D eigenvalue weighted by Crippen LogP contribution is 2.10. The molecule has 0 unspecified atom stereocenters. The highest BCUT2D eigenvalue weighted by atomic mass is 32.2. The maximum atomic E-state index is 11.6. The van der Waals surface area contributed by atoms with E-state index >= 15 is 0 Å². The summed E-state index contributed by atoms with van der Waals surface area (Å²) in [5.41, 5.74) is 1.12. The molecule has 24 heavy (non-hydrogen) atoms. The first-order valence-electron chi connectivity index (χ1n) is 7.94. The van der Waals surface area contributed by atoms with Gasteiger partial charge in [-0.1, -0.05) is 12.1 Å². The van der Waals surface area contributed by atoms with Crippen molar-refractivity contribution < 1.29 is 13.2 Å². The Hall–Kier alpha value is -1.80. The molecule has 1 rings (SSSR count). The van der Waals surface area contributed by atoms with E-state index in [-0.39, 0.29) is 5.75 Å². The lowest BCUT2D eigenvalue weighted by Gasteiger charge is -2.17. The molecule has 1 aromatic rings. The van der Waals surface area contributed by atoms with Crippen LogP contribution in [0.2, 0.25) is 0 Å². The summed E-state index contributed by atoms with van der Waals surface area (Å²) in [4.78, 5) is 4.16. The third kappa shape index (κ3) is 6.76. The molecule has 1 aromatic carbocycles. The summed E-state index contributed by atoms with van der Waals surface area (Å²) in [7, 11) is 1.85. The minimum absolute atomic E-state index is 0.127. The van der Waals surface area contributed by atoms with E-state index in [0.717, 1.165) is 11.3 Å². The lowest BCUT2D eigenvalue weighted by Crippen LogP contribution is -2.38. The van der Waals surface area contributed by atoms with Gasteiger partial charge in [0.25, 0.3) is 0 Å². The van der Waals surface area contributed by atoms with Crippen molar-refractivity contribution in [2.24, 2.45) is 4.99 Å². The predicted octanol–water partition coefficient (Wildman–Crippen LogP) is 1.03. The normalized spacial score (nSPS) is 12.3. The van der Waals surface area contributed by atoms with Gasteiger partial charge in [-0.2, -0.15) is 0 Å². The molecule has 0 bridgehead atoms. The van der Waals surface area contributed by atoms with Crippen LogP contribution in [0.3, 0.4) is 0 Å². The minimum Gasteiger partial charge on any atom is -0.497 e. The van der Waals surface area contributed by atoms with E-state index in [1.54, 1.807) is 28.1 Å². The predicted molar refractivity (Wildman–Crippen MR) is 97.9 cm³/mol. The molecule has 0 aliphatic rings. The van der Waals surface area contributed by atoms with E-state index < -0.39 is 10.0 Å². The molecule has 0 spiro atoms. The Morgan fingerprint density at radius 1 is 1.25 bits per heavy atom. The summed E-state index contributed by atoms with van der Waals surface area (Å²) in [6.07, 6.45) is 0.707. The van der Waals surface area contributed by atoms with Gasteiger partial charge in [0.1, 0.15) is 5.75 Å². The molecule has 0 atom stereocenters. The first kappa shape index (κ1) is 20.2. The fraction of sp³-hybridized carbons (Fsp3) is 0.562. The van der Waals surface area contributed by atoms with E-state index in [9.17, 15) is 8.42 Å². The largest absolute Gasteiger partial charge is 0.497 e. The molecule has 0 radical (unpaired) electrons. The number of benzene rings is 1. The molecule has 7 nitrogen and oxygen atoms in total. The average Bonchev–Trinajstić information content (AvgIpc) is 2.61. The van der Waals surface area contributed by atoms with Crippen LogP contribution >= 0.6 is 0 Å². The van der Waals surface area contributed by atoms with Crippen molar-refractivity contribution in [3.8, 4) is 5.75 Å². The van der Waals surface area contributed by atoms with Crippen LogP contribution in [0, 0.1) is 0 Å². The summed E-state index contributed by atoms with van der Waals surface area (Å²) < 4.78 is 29.8. The van der Waals surface area contributed by atoms with Gasteiger partial charge >= 0.3 is 0 Å². The van der Waals surface area contributed by atoms with E-state index in [4.69, 9.17) is 4.74 Å². The Kier molecular flexibility index (Phi) is 8.56. The number of methoxy groups -OCH3 is 1. The second-order valence-electron chi connectivity index (χ2n) is 5.28. The van der Waals surface area contributed by atoms with E-state index in [2.05, 4.69) is 15.6 Å². The lowest BCUT2D eigenvalue weighted by molar-refractivity contribution is 0.414. The molecule has 2 N–H and O–H groups in total. The molecule has 0 aliphatic carbocycles. The Bertz CT molecular complexity index is 615. The zero-order valence-corrected chi connectivity index (χ0v) is 15.7. The summed E-state index contributed by atoms with van der Waals surface area (Å²) in [5.74, 6) is 1.64. The molecular formula is C16H28N4O3S. The van der Waals surface area contributed by atoms with Crippen LogP contribution in [-0.4, -0.2) is 58.7 Å². The zero-order valence-electron chi connectivity index (χ0n) is 14.9. The Labute approximate surface area is 145 Å². The fourth-order valence-electron chi connectivity index (χ4n) is 2.02. The quantitative estimate of drug-likeness (QED) is 0.392. The van der Waals surface area contributed by atoms with Gasteiger partial charge in [-0.15, -0.1) is 0 Å². The topological polar surface area (TPSA) is 83.0 Å². The van der Waals surface area contributed by atoms with Gasteiger partial charge in [-0.3, -0.25) is 4.99 Å². The summed E-state index contributed by atoms with van der Waals surface area (Å²) in [6, 6.07) is 7.81. The van der Waals surface area contributed by atoms with E-state index in [1.807, 2.05) is 24.3 Å². The van der Waals surface area contributed by atoms with Crippen LogP contribution in [0.15, 0.2) is 29.3 Å². The maximum Gasteiger partial charge on any atom is 0.213 e. The molecule has 136 valence electrons. The fourth-order valence-corrected chi connectivity index (χ4v) is 2.87. The number of guanidine groups is 1. The molecule has 0 fully saturated rings. The Morgan fingerprint density at radius 3 is 2.46 bits per heavy atom. The lowest BCUT2D eigenvalue weighted by atomic mass is 10.2. The van der Waals surface area contributed by atoms with Crippen LogP contribution in [0.5, 0.6) is 5.75 Å².